The van der Waals surface area contributed by atoms with Gasteiger partial charge in [-0.3, -0.25) is 0 Å². The van der Waals surface area contributed by atoms with Crippen LogP contribution in [0, 0.1) is 13.8 Å². The van der Waals surface area contributed by atoms with E-state index >= 15 is 0 Å². The largest absolute Gasteiger partial charge is 0.334 e. The number of nitrogens with one attached hydrogen (secondary N) is 2. The highest BCUT2D eigenvalue weighted by atomic mass is 16.2. The Morgan fingerprint density at radius 1 is 1.35 bits per heavy atom. The number of carbonyl (C=O) groups is 1. The average molecular weight is 275 g/mol. The highest BCUT2D eigenvalue weighted by Gasteiger charge is 2.20. The molecule has 0 unspecified atom stereocenters. The number of nitrogens with zero attached hydrogens (tertiary/aromatic N) is 1. The van der Waals surface area contributed by atoms with Gasteiger partial charge in [0.25, 0.3) is 0 Å². The third-order valence-electron chi connectivity index (χ3n) is 4.05. The SMILES string of the molecule is CCN1CCC[C@@H](NC(=O)Nc2ccc(C)c(C)c2)C1. The van der Waals surface area contributed by atoms with Crippen LogP contribution in [-0.4, -0.2) is 36.6 Å². The van der Waals surface area contributed by atoms with Gasteiger partial charge < -0.3 is 15.5 Å². The number of hydrogen-bond donors (Lipinski definition) is 2. The molecule has 1 aliphatic rings. The molecule has 0 aliphatic carbocycles. The zero-order valence-electron chi connectivity index (χ0n) is 12.7. The average Bonchev–Trinajstić information content (AvgIpc) is 2.43. The fraction of sp³-hybridized carbons (Fsp3) is 0.562. The topological polar surface area (TPSA) is 44.4 Å². The molecule has 1 atom stereocenters. The molecular formula is C16H25N3O. The van der Waals surface area contributed by atoms with Crippen LogP contribution in [-0.2, 0) is 0 Å². The number of benzene rings is 1. The van der Waals surface area contributed by atoms with E-state index in [0.717, 1.165) is 38.2 Å². The van der Waals surface area contributed by atoms with Gasteiger partial charge in [-0.25, -0.2) is 4.79 Å². The zero-order valence-corrected chi connectivity index (χ0v) is 12.7. The van der Waals surface area contributed by atoms with Crippen molar-refractivity contribution in [2.45, 2.75) is 39.7 Å². The first-order valence-corrected chi connectivity index (χ1v) is 7.45. The molecule has 2 N–H and O–H groups in total. The molecule has 20 heavy (non-hydrogen) atoms. The molecule has 0 spiro atoms. The van der Waals surface area contributed by atoms with Crippen LogP contribution in [0.2, 0.25) is 0 Å². The molecule has 0 radical (unpaired) electrons. The maximum absolute atomic E-state index is 12.0. The van der Waals surface area contributed by atoms with Gasteiger partial charge in [-0.15, -0.1) is 0 Å². The quantitative estimate of drug-likeness (QED) is 0.891. The van der Waals surface area contributed by atoms with E-state index in [1.165, 1.54) is 11.1 Å². The number of aryl methyl sites for hydroxylation is 2. The first kappa shape index (κ1) is 14.9. The summed E-state index contributed by atoms with van der Waals surface area (Å²) in [4.78, 5) is 14.4. The number of rotatable bonds is 3. The molecule has 4 nitrogen and oxygen atoms in total. The van der Waals surface area contributed by atoms with Gasteiger partial charge in [0.1, 0.15) is 0 Å². The Hall–Kier alpha value is -1.55. The fourth-order valence-corrected chi connectivity index (χ4v) is 2.63. The number of piperidine rings is 1. The lowest BCUT2D eigenvalue weighted by molar-refractivity contribution is 0.196. The molecule has 0 bridgehead atoms. The maximum atomic E-state index is 12.0. The summed E-state index contributed by atoms with van der Waals surface area (Å²) in [7, 11) is 0. The molecule has 2 rings (SSSR count). The molecule has 4 heteroatoms. The minimum Gasteiger partial charge on any atom is -0.334 e. The van der Waals surface area contributed by atoms with Crippen LogP contribution in [0.5, 0.6) is 0 Å². The Labute approximate surface area is 121 Å². The predicted octanol–water partition coefficient (Wildman–Crippen LogP) is 2.91. The molecular weight excluding hydrogens is 250 g/mol. The normalized spacial score (nSPS) is 19.6. The van der Waals surface area contributed by atoms with E-state index < -0.39 is 0 Å². The Kier molecular flexibility index (Phi) is 5.01. The van der Waals surface area contributed by atoms with Crippen molar-refractivity contribution in [1.82, 2.24) is 10.2 Å². The van der Waals surface area contributed by atoms with Gasteiger partial charge in [0, 0.05) is 18.3 Å². The van der Waals surface area contributed by atoms with Crippen molar-refractivity contribution in [3.05, 3.63) is 29.3 Å². The Balaban J connectivity index is 1.87. The summed E-state index contributed by atoms with van der Waals surface area (Å²) >= 11 is 0. The number of amides is 2. The Bertz CT molecular complexity index is 473. The lowest BCUT2D eigenvalue weighted by atomic mass is 10.1. The van der Waals surface area contributed by atoms with Crippen molar-refractivity contribution in [3.8, 4) is 0 Å². The highest BCUT2D eigenvalue weighted by Crippen LogP contribution is 2.14. The third-order valence-corrected chi connectivity index (χ3v) is 4.05. The van der Waals surface area contributed by atoms with Gasteiger partial charge in [-0.2, -0.15) is 0 Å². The Morgan fingerprint density at radius 2 is 2.15 bits per heavy atom. The van der Waals surface area contributed by atoms with E-state index in [2.05, 4.69) is 36.3 Å². The van der Waals surface area contributed by atoms with Crippen molar-refractivity contribution >= 4 is 11.7 Å². The number of likely N-dealkylation sites (N-methyl/N-ethyl adjacent to an activating group) is 1. The molecule has 1 aromatic carbocycles. The lowest BCUT2D eigenvalue weighted by Gasteiger charge is -2.32. The van der Waals surface area contributed by atoms with E-state index in [9.17, 15) is 4.79 Å². The maximum Gasteiger partial charge on any atom is 0.319 e. The minimum atomic E-state index is -0.101. The lowest BCUT2D eigenvalue weighted by Crippen LogP contribution is -2.48. The van der Waals surface area contributed by atoms with Crippen LogP contribution >= 0.6 is 0 Å². The molecule has 0 saturated carbocycles. The van der Waals surface area contributed by atoms with Gasteiger partial charge in [-0.05, 0) is 63.0 Å². The molecule has 1 heterocycles. The summed E-state index contributed by atoms with van der Waals surface area (Å²) < 4.78 is 0. The number of anilines is 1. The summed E-state index contributed by atoms with van der Waals surface area (Å²) in [6, 6.07) is 6.14. The summed E-state index contributed by atoms with van der Waals surface area (Å²) in [6.07, 6.45) is 2.22. The van der Waals surface area contributed by atoms with E-state index in [4.69, 9.17) is 0 Å². The van der Waals surface area contributed by atoms with E-state index in [0.29, 0.717) is 0 Å². The number of urea groups is 1. The van der Waals surface area contributed by atoms with Gasteiger partial charge >= 0.3 is 6.03 Å². The zero-order chi connectivity index (χ0) is 14.5. The van der Waals surface area contributed by atoms with Crippen molar-refractivity contribution < 1.29 is 4.79 Å². The summed E-state index contributed by atoms with van der Waals surface area (Å²) in [6.45, 7) is 9.44. The van der Waals surface area contributed by atoms with E-state index in [1.807, 2.05) is 18.2 Å². The number of hydrogen-bond acceptors (Lipinski definition) is 2. The third kappa shape index (κ3) is 3.97. The van der Waals surface area contributed by atoms with Gasteiger partial charge in [0.05, 0.1) is 0 Å². The monoisotopic (exact) mass is 275 g/mol. The van der Waals surface area contributed by atoms with E-state index in [1.54, 1.807) is 0 Å². The second-order valence-corrected chi connectivity index (χ2v) is 5.63. The van der Waals surface area contributed by atoms with Gasteiger partial charge in [0.2, 0.25) is 0 Å². The van der Waals surface area contributed by atoms with Crippen molar-refractivity contribution in [1.29, 1.82) is 0 Å². The number of carbonyl (C=O) groups excluding carboxylic acids is 1. The van der Waals surface area contributed by atoms with Crippen molar-refractivity contribution in [2.75, 3.05) is 25.0 Å². The van der Waals surface area contributed by atoms with Gasteiger partial charge in [-0.1, -0.05) is 13.0 Å². The predicted molar refractivity (Wildman–Crippen MR) is 83.2 cm³/mol. The van der Waals surface area contributed by atoms with Crippen LogP contribution in [0.4, 0.5) is 10.5 Å². The first-order valence-electron chi connectivity index (χ1n) is 7.45. The molecule has 1 aliphatic heterocycles. The summed E-state index contributed by atoms with van der Waals surface area (Å²) in [5, 5.41) is 6.00. The minimum absolute atomic E-state index is 0.101. The van der Waals surface area contributed by atoms with Crippen LogP contribution in [0.1, 0.15) is 30.9 Å². The van der Waals surface area contributed by atoms with Crippen LogP contribution in [0.25, 0.3) is 0 Å². The second kappa shape index (κ2) is 6.75. The Morgan fingerprint density at radius 3 is 2.85 bits per heavy atom. The van der Waals surface area contributed by atoms with Crippen LogP contribution in [0.3, 0.4) is 0 Å². The van der Waals surface area contributed by atoms with Crippen molar-refractivity contribution in [2.24, 2.45) is 0 Å². The van der Waals surface area contributed by atoms with Gasteiger partial charge in [0.15, 0.2) is 0 Å². The summed E-state index contributed by atoms with van der Waals surface area (Å²) in [5.41, 5.74) is 3.29. The standard InChI is InChI=1S/C16H25N3O/c1-4-19-9-5-6-15(11-19)18-16(20)17-14-8-7-12(2)13(3)10-14/h7-8,10,15H,4-6,9,11H2,1-3H3,(H2,17,18,20)/t15-/m1/s1. The second-order valence-electron chi connectivity index (χ2n) is 5.63. The summed E-state index contributed by atoms with van der Waals surface area (Å²) in [5.74, 6) is 0. The molecule has 0 aromatic heterocycles. The molecule has 2 amide bonds. The highest BCUT2D eigenvalue weighted by molar-refractivity contribution is 5.89. The molecule has 1 fully saturated rings. The molecule has 1 aromatic rings. The molecule has 1 saturated heterocycles. The van der Waals surface area contributed by atoms with Crippen molar-refractivity contribution in [3.63, 3.8) is 0 Å². The molecule has 110 valence electrons. The van der Waals surface area contributed by atoms with Crippen LogP contribution < -0.4 is 10.6 Å². The number of likely N-dealkylation sites (tertiary alicyclic amines) is 1. The van der Waals surface area contributed by atoms with E-state index in [-0.39, 0.29) is 12.1 Å². The van der Waals surface area contributed by atoms with Crippen LogP contribution in [0.15, 0.2) is 18.2 Å². The fourth-order valence-electron chi connectivity index (χ4n) is 2.63. The smallest absolute Gasteiger partial charge is 0.319 e. The first-order chi connectivity index (χ1) is 9.58.